The van der Waals surface area contributed by atoms with Gasteiger partial charge in [-0.1, -0.05) is 29.8 Å². The van der Waals surface area contributed by atoms with E-state index in [1.54, 1.807) is 6.20 Å². The summed E-state index contributed by atoms with van der Waals surface area (Å²) in [5.74, 6) is 0. The molecule has 0 amide bonds. The lowest BCUT2D eigenvalue weighted by Gasteiger charge is -2.05. The highest BCUT2D eigenvalue weighted by atomic mass is 15.2. The van der Waals surface area contributed by atoms with Crippen molar-refractivity contribution in [2.75, 3.05) is 0 Å². The topological polar surface area (TPSA) is 30.2 Å². The van der Waals surface area contributed by atoms with Gasteiger partial charge in [-0.25, -0.2) is 9.50 Å². The van der Waals surface area contributed by atoms with E-state index in [4.69, 9.17) is 0 Å². The van der Waals surface area contributed by atoms with Gasteiger partial charge in [0.15, 0.2) is 5.65 Å². The minimum atomic E-state index is 0.889. The van der Waals surface area contributed by atoms with Gasteiger partial charge in [0.1, 0.15) is 0 Å². The highest BCUT2D eigenvalue weighted by Gasteiger charge is 2.04. The van der Waals surface area contributed by atoms with Crippen molar-refractivity contribution >= 4 is 5.65 Å². The molecule has 0 aliphatic heterocycles. The zero-order valence-corrected chi connectivity index (χ0v) is 9.88. The lowest BCUT2D eigenvalue weighted by Crippen LogP contribution is -1.97. The van der Waals surface area contributed by atoms with Crippen LogP contribution in [0.15, 0.2) is 42.6 Å². The largest absolute Gasteiger partial charge is 0.229 e. The van der Waals surface area contributed by atoms with Crippen LogP contribution in [0.2, 0.25) is 0 Å². The zero-order chi connectivity index (χ0) is 11.8. The van der Waals surface area contributed by atoms with Crippen molar-refractivity contribution in [2.45, 2.75) is 13.8 Å². The molecule has 1 aromatic carbocycles. The first-order chi connectivity index (χ1) is 8.24. The Morgan fingerprint density at radius 3 is 2.53 bits per heavy atom. The molecular weight excluding hydrogens is 210 g/mol. The van der Waals surface area contributed by atoms with Crippen LogP contribution in [0.25, 0.3) is 16.9 Å². The van der Waals surface area contributed by atoms with E-state index in [0.29, 0.717) is 0 Å². The van der Waals surface area contributed by atoms with Crippen LogP contribution in [0.5, 0.6) is 0 Å². The average molecular weight is 223 g/mol. The van der Waals surface area contributed by atoms with Crippen molar-refractivity contribution in [3.8, 4) is 11.3 Å². The SMILES string of the molecule is Cc1ccc(-c2cc(C)n3nccc3n2)cc1. The number of hydrogen-bond acceptors (Lipinski definition) is 2. The Kier molecular flexibility index (Phi) is 2.18. The Hall–Kier alpha value is -2.16. The Labute approximate surface area is 99.7 Å². The smallest absolute Gasteiger partial charge is 0.155 e. The van der Waals surface area contributed by atoms with Crippen LogP contribution in [0.3, 0.4) is 0 Å². The number of rotatable bonds is 1. The van der Waals surface area contributed by atoms with Gasteiger partial charge in [0.05, 0.1) is 11.9 Å². The van der Waals surface area contributed by atoms with Gasteiger partial charge in [0.2, 0.25) is 0 Å². The van der Waals surface area contributed by atoms with E-state index in [1.165, 1.54) is 5.56 Å². The Balaban J connectivity index is 2.20. The number of benzene rings is 1. The number of hydrogen-bond donors (Lipinski definition) is 0. The summed E-state index contributed by atoms with van der Waals surface area (Å²) in [4.78, 5) is 4.60. The van der Waals surface area contributed by atoms with E-state index in [9.17, 15) is 0 Å². The lowest BCUT2D eigenvalue weighted by molar-refractivity contribution is 0.896. The first-order valence-corrected chi connectivity index (χ1v) is 5.62. The molecule has 0 spiro atoms. The van der Waals surface area contributed by atoms with E-state index in [-0.39, 0.29) is 0 Å². The molecule has 17 heavy (non-hydrogen) atoms. The fourth-order valence-electron chi connectivity index (χ4n) is 1.94. The van der Waals surface area contributed by atoms with Gasteiger partial charge in [-0.2, -0.15) is 5.10 Å². The maximum Gasteiger partial charge on any atom is 0.155 e. The van der Waals surface area contributed by atoms with Gasteiger partial charge in [-0.05, 0) is 19.9 Å². The number of aryl methyl sites for hydroxylation is 2. The van der Waals surface area contributed by atoms with Crippen molar-refractivity contribution in [2.24, 2.45) is 0 Å². The van der Waals surface area contributed by atoms with Crippen LogP contribution in [-0.2, 0) is 0 Å². The summed E-state index contributed by atoms with van der Waals surface area (Å²) < 4.78 is 1.84. The molecule has 0 fully saturated rings. The predicted molar refractivity (Wildman–Crippen MR) is 67.9 cm³/mol. The second kappa shape index (κ2) is 3.70. The first-order valence-electron chi connectivity index (χ1n) is 5.62. The average Bonchev–Trinajstić information content (AvgIpc) is 2.78. The molecule has 0 atom stereocenters. The molecule has 0 saturated carbocycles. The third-order valence-electron chi connectivity index (χ3n) is 2.88. The standard InChI is InChI=1S/C14H13N3/c1-10-3-5-12(6-4-10)13-9-11(2)17-14(16-13)7-8-15-17/h3-9H,1-2H3. The third kappa shape index (κ3) is 1.69. The fraction of sp³-hybridized carbons (Fsp3) is 0.143. The van der Waals surface area contributed by atoms with Gasteiger partial charge >= 0.3 is 0 Å². The second-order valence-electron chi connectivity index (χ2n) is 4.25. The van der Waals surface area contributed by atoms with Crippen molar-refractivity contribution in [1.29, 1.82) is 0 Å². The molecule has 0 unspecified atom stereocenters. The Morgan fingerprint density at radius 1 is 1.00 bits per heavy atom. The molecule has 0 aliphatic rings. The van der Waals surface area contributed by atoms with Gasteiger partial charge in [0.25, 0.3) is 0 Å². The van der Waals surface area contributed by atoms with E-state index in [2.05, 4.69) is 47.3 Å². The fourth-order valence-corrected chi connectivity index (χ4v) is 1.94. The van der Waals surface area contributed by atoms with Gasteiger partial charge in [-0.3, -0.25) is 0 Å². The maximum atomic E-state index is 4.60. The molecule has 3 rings (SSSR count). The highest BCUT2D eigenvalue weighted by Crippen LogP contribution is 2.19. The van der Waals surface area contributed by atoms with Crippen molar-refractivity contribution in [1.82, 2.24) is 14.6 Å². The van der Waals surface area contributed by atoms with Gasteiger partial charge < -0.3 is 0 Å². The Morgan fingerprint density at radius 2 is 1.76 bits per heavy atom. The van der Waals surface area contributed by atoms with Crippen molar-refractivity contribution in [3.63, 3.8) is 0 Å². The molecule has 0 N–H and O–H groups in total. The van der Waals surface area contributed by atoms with Crippen molar-refractivity contribution in [3.05, 3.63) is 53.9 Å². The maximum absolute atomic E-state index is 4.60. The van der Waals surface area contributed by atoms with E-state index >= 15 is 0 Å². The molecule has 3 heteroatoms. The van der Waals surface area contributed by atoms with Crippen LogP contribution in [0.1, 0.15) is 11.3 Å². The monoisotopic (exact) mass is 223 g/mol. The van der Waals surface area contributed by atoms with Crippen LogP contribution in [0, 0.1) is 13.8 Å². The minimum Gasteiger partial charge on any atom is -0.229 e. The van der Waals surface area contributed by atoms with Crippen LogP contribution in [0.4, 0.5) is 0 Å². The van der Waals surface area contributed by atoms with Gasteiger partial charge in [-0.15, -0.1) is 0 Å². The summed E-state index contributed by atoms with van der Waals surface area (Å²) >= 11 is 0. The quantitative estimate of drug-likeness (QED) is 0.634. The number of fused-ring (bicyclic) bond motifs is 1. The summed E-state index contributed by atoms with van der Waals surface area (Å²) in [6.45, 7) is 4.13. The predicted octanol–water partition coefficient (Wildman–Crippen LogP) is 3.01. The molecule has 2 heterocycles. The normalized spacial score (nSPS) is 10.9. The van der Waals surface area contributed by atoms with Gasteiger partial charge in [0, 0.05) is 17.3 Å². The molecule has 0 bridgehead atoms. The Bertz CT molecular complexity index is 666. The molecule has 84 valence electrons. The molecular formula is C14H13N3. The van der Waals surface area contributed by atoms with E-state index in [1.807, 2.05) is 17.5 Å². The van der Waals surface area contributed by atoms with E-state index < -0.39 is 0 Å². The van der Waals surface area contributed by atoms with Crippen molar-refractivity contribution < 1.29 is 0 Å². The lowest BCUT2D eigenvalue weighted by atomic mass is 10.1. The van der Waals surface area contributed by atoms with Crippen LogP contribution in [-0.4, -0.2) is 14.6 Å². The van der Waals surface area contributed by atoms with Crippen LogP contribution >= 0.6 is 0 Å². The second-order valence-corrected chi connectivity index (χ2v) is 4.25. The van der Waals surface area contributed by atoms with Crippen LogP contribution < -0.4 is 0 Å². The third-order valence-corrected chi connectivity index (χ3v) is 2.88. The molecule has 0 aliphatic carbocycles. The number of aromatic nitrogens is 3. The summed E-state index contributed by atoms with van der Waals surface area (Å²) in [6, 6.07) is 12.4. The first kappa shape index (κ1) is 10.0. The zero-order valence-electron chi connectivity index (χ0n) is 9.88. The minimum absolute atomic E-state index is 0.889. The number of nitrogens with zero attached hydrogens (tertiary/aromatic N) is 3. The molecule has 2 aromatic heterocycles. The highest BCUT2D eigenvalue weighted by molar-refractivity contribution is 5.62. The summed E-state index contributed by atoms with van der Waals surface area (Å²) in [5.41, 5.74) is 5.38. The molecule has 3 nitrogen and oxygen atoms in total. The summed E-state index contributed by atoms with van der Waals surface area (Å²) in [6.07, 6.45) is 1.77. The molecule has 0 saturated heterocycles. The summed E-state index contributed by atoms with van der Waals surface area (Å²) in [5, 5.41) is 4.22. The molecule has 0 radical (unpaired) electrons. The summed E-state index contributed by atoms with van der Waals surface area (Å²) in [7, 11) is 0. The van der Waals surface area contributed by atoms with E-state index in [0.717, 1.165) is 22.6 Å². The molecule has 3 aromatic rings.